The minimum Gasteiger partial charge on any atom is -0.395 e. The molecule has 3 heterocycles. The molecule has 0 radical (unpaired) electrons. The van der Waals surface area contributed by atoms with Gasteiger partial charge in [0.25, 0.3) is 0 Å². The molecule has 0 unspecified atom stereocenters. The Labute approximate surface area is 157 Å². The van der Waals surface area contributed by atoms with Gasteiger partial charge in [0, 0.05) is 31.9 Å². The highest BCUT2D eigenvalue weighted by Crippen LogP contribution is 2.44. The lowest BCUT2D eigenvalue weighted by Crippen LogP contribution is -2.46. The van der Waals surface area contributed by atoms with Crippen LogP contribution in [0.2, 0.25) is 0 Å². The van der Waals surface area contributed by atoms with Crippen LogP contribution in [0.1, 0.15) is 12.8 Å². The van der Waals surface area contributed by atoms with Crippen molar-refractivity contribution in [2.45, 2.75) is 19.1 Å². The molecular formula is C15H16ClF2N3O4S. The maximum atomic E-state index is 13.1. The van der Waals surface area contributed by atoms with E-state index in [0.717, 1.165) is 0 Å². The molecule has 1 aromatic heterocycles. The number of rotatable bonds is 3. The first kappa shape index (κ1) is 19.0. The third-order valence-electron chi connectivity index (χ3n) is 4.45. The summed E-state index contributed by atoms with van der Waals surface area (Å²) in [7, 11) is 0. The summed E-state index contributed by atoms with van der Waals surface area (Å²) in [5.74, 6) is -0.339. The second kappa shape index (κ2) is 6.76. The molecule has 0 saturated carbocycles. The normalized spacial score (nSPS) is 19.8. The number of ether oxygens (including phenoxy) is 3. The van der Waals surface area contributed by atoms with Crippen LogP contribution in [0.5, 0.6) is 11.5 Å². The Morgan fingerprint density at radius 2 is 1.92 bits per heavy atom. The van der Waals surface area contributed by atoms with Crippen molar-refractivity contribution >= 4 is 45.0 Å². The van der Waals surface area contributed by atoms with Crippen LogP contribution in [-0.2, 0) is 9.53 Å². The Morgan fingerprint density at radius 3 is 2.58 bits per heavy atom. The lowest BCUT2D eigenvalue weighted by atomic mass is 9.79. The predicted molar refractivity (Wildman–Crippen MR) is 93.2 cm³/mol. The van der Waals surface area contributed by atoms with Crippen molar-refractivity contribution in [3.05, 3.63) is 12.1 Å². The van der Waals surface area contributed by atoms with Gasteiger partial charge in [-0.1, -0.05) is 11.3 Å². The number of thiazole rings is 1. The number of halogens is 3. The summed E-state index contributed by atoms with van der Waals surface area (Å²) < 4.78 is 40.9. The van der Waals surface area contributed by atoms with E-state index in [-0.39, 0.29) is 36.4 Å². The third-order valence-corrected chi connectivity index (χ3v) is 5.39. The van der Waals surface area contributed by atoms with E-state index < -0.39 is 11.7 Å². The molecule has 1 fully saturated rings. The van der Waals surface area contributed by atoms with Crippen LogP contribution < -0.4 is 20.5 Å². The predicted octanol–water partition coefficient (Wildman–Crippen LogP) is 2.73. The molecule has 0 aliphatic carbocycles. The average molecular weight is 408 g/mol. The van der Waals surface area contributed by atoms with Crippen LogP contribution in [0.4, 0.5) is 13.9 Å². The summed E-state index contributed by atoms with van der Waals surface area (Å²) in [5, 5.41) is 3.16. The van der Waals surface area contributed by atoms with E-state index in [0.29, 0.717) is 41.4 Å². The summed E-state index contributed by atoms with van der Waals surface area (Å²) >= 11 is 1.17. The van der Waals surface area contributed by atoms with Gasteiger partial charge < -0.3 is 25.3 Å². The fourth-order valence-electron chi connectivity index (χ4n) is 2.94. The minimum absolute atomic E-state index is 0. The second-order valence-electron chi connectivity index (χ2n) is 6.00. The van der Waals surface area contributed by atoms with Gasteiger partial charge in [-0.2, -0.15) is 0 Å². The van der Waals surface area contributed by atoms with Crippen molar-refractivity contribution in [1.29, 1.82) is 0 Å². The smallest absolute Gasteiger partial charge is 0.395 e. The average Bonchev–Trinajstić information content (AvgIpc) is 3.09. The monoisotopic (exact) mass is 407 g/mol. The van der Waals surface area contributed by atoms with E-state index in [1.54, 1.807) is 0 Å². The standard InChI is InChI=1S/C15H15F2N3O4S.ClH/c16-15(17)23-9-5-8-11(6-10(9)24-15)25-13(19-8)20-12(21)14(7-18)1-3-22-4-2-14;/h5-6H,1-4,7,18H2,(H,19,20,21);1H. The lowest BCUT2D eigenvalue weighted by molar-refractivity contribution is -0.286. The van der Waals surface area contributed by atoms with Gasteiger partial charge in [0.1, 0.15) is 0 Å². The molecule has 2 aromatic rings. The summed E-state index contributed by atoms with van der Waals surface area (Å²) in [6, 6.07) is 2.79. The number of hydrogen-bond donors (Lipinski definition) is 2. The number of hydrogen-bond acceptors (Lipinski definition) is 7. The summed E-state index contributed by atoms with van der Waals surface area (Å²) in [6.45, 7) is 1.19. The Bertz CT molecular complexity index is 797. The summed E-state index contributed by atoms with van der Waals surface area (Å²) in [5.41, 5.74) is 5.59. The van der Waals surface area contributed by atoms with Gasteiger partial charge in [0.05, 0.1) is 15.6 Å². The van der Waals surface area contributed by atoms with Gasteiger partial charge in [-0.05, 0) is 12.8 Å². The number of nitrogens with zero attached hydrogens (tertiary/aromatic N) is 1. The van der Waals surface area contributed by atoms with Crippen LogP contribution in [0.3, 0.4) is 0 Å². The number of anilines is 1. The van der Waals surface area contributed by atoms with Gasteiger partial charge in [-0.15, -0.1) is 21.2 Å². The quantitative estimate of drug-likeness (QED) is 0.812. The van der Waals surface area contributed by atoms with Crippen molar-refractivity contribution < 1.29 is 27.8 Å². The largest absolute Gasteiger partial charge is 0.586 e. The highest BCUT2D eigenvalue weighted by molar-refractivity contribution is 7.22. The Hall–Kier alpha value is -1.75. The SMILES string of the molecule is Cl.NCC1(C(=O)Nc2nc3cc4c(cc3s2)OC(F)(F)O4)CCOCC1. The fourth-order valence-corrected chi connectivity index (χ4v) is 3.81. The van der Waals surface area contributed by atoms with Crippen molar-refractivity contribution in [2.75, 3.05) is 25.1 Å². The molecule has 3 N–H and O–H groups in total. The molecule has 2 aliphatic heterocycles. The van der Waals surface area contributed by atoms with E-state index >= 15 is 0 Å². The number of nitrogens with one attached hydrogen (secondary N) is 1. The first-order valence-electron chi connectivity index (χ1n) is 7.71. The molecule has 0 spiro atoms. The van der Waals surface area contributed by atoms with E-state index in [9.17, 15) is 13.6 Å². The number of carbonyl (C=O) groups is 1. The van der Waals surface area contributed by atoms with E-state index in [2.05, 4.69) is 19.8 Å². The first-order chi connectivity index (χ1) is 11.9. The maximum Gasteiger partial charge on any atom is 0.586 e. The number of benzene rings is 1. The molecular weight excluding hydrogens is 392 g/mol. The van der Waals surface area contributed by atoms with E-state index in [4.69, 9.17) is 10.5 Å². The maximum absolute atomic E-state index is 13.1. The molecule has 4 rings (SSSR count). The number of alkyl halides is 2. The zero-order valence-corrected chi connectivity index (χ0v) is 15.1. The van der Waals surface area contributed by atoms with Crippen LogP contribution in [0, 0.1) is 5.41 Å². The molecule has 1 saturated heterocycles. The number of carbonyl (C=O) groups excluding carboxylic acids is 1. The van der Waals surface area contributed by atoms with E-state index in [1.165, 1.54) is 23.5 Å². The van der Waals surface area contributed by atoms with Crippen LogP contribution >= 0.6 is 23.7 Å². The zero-order valence-electron chi connectivity index (χ0n) is 13.4. The van der Waals surface area contributed by atoms with Gasteiger partial charge in [-0.3, -0.25) is 4.79 Å². The Morgan fingerprint density at radius 1 is 1.27 bits per heavy atom. The molecule has 11 heteroatoms. The van der Waals surface area contributed by atoms with E-state index in [1.807, 2.05) is 0 Å². The molecule has 26 heavy (non-hydrogen) atoms. The molecule has 142 valence electrons. The van der Waals surface area contributed by atoms with Crippen molar-refractivity contribution in [1.82, 2.24) is 4.98 Å². The molecule has 0 bridgehead atoms. The fraction of sp³-hybridized carbons (Fsp3) is 0.467. The summed E-state index contributed by atoms with van der Waals surface area (Å²) in [6.07, 6.45) is -2.57. The molecule has 1 aromatic carbocycles. The molecule has 7 nitrogen and oxygen atoms in total. The number of fused-ring (bicyclic) bond motifs is 2. The second-order valence-corrected chi connectivity index (χ2v) is 7.03. The minimum atomic E-state index is -3.67. The topological polar surface area (TPSA) is 95.7 Å². The van der Waals surface area contributed by atoms with Gasteiger partial charge in [0.2, 0.25) is 5.91 Å². The Kier molecular flexibility index (Phi) is 4.95. The van der Waals surface area contributed by atoms with Gasteiger partial charge in [-0.25, -0.2) is 4.98 Å². The molecule has 0 atom stereocenters. The highest BCUT2D eigenvalue weighted by Gasteiger charge is 2.44. The van der Waals surface area contributed by atoms with Gasteiger partial charge >= 0.3 is 6.29 Å². The number of aromatic nitrogens is 1. The van der Waals surface area contributed by atoms with Crippen LogP contribution in [-0.4, -0.2) is 36.9 Å². The summed E-state index contributed by atoms with van der Waals surface area (Å²) in [4.78, 5) is 16.9. The van der Waals surface area contributed by atoms with Crippen LogP contribution in [0.15, 0.2) is 12.1 Å². The van der Waals surface area contributed by atoms with Crippen LogP contribution in [0.25, 0.3) is 10.2 Å². The lowest BCUT2D eigenvalue weighted by Gasteiger charge is -2.34. The van der Waals surface area contributed by atoms with Crippen molar-refractivity contribution in [2.24, 2.45) is 11.1 Å². The Balaban J connectivity index is 0.00000196. The molecule has 2 aliphatic rings. The number of amides is 1. The van der Waals surface area contributed by atoms with Gasteiger partial charge in [0.15, 0.2) is 16.6 Å². The zero-order chi connectivity index (χ0) is 17.7. The first-order valence-corrected chi connectivity index (χ1v) is 8.52. The number of nitrogens with two attached hydrogens (primary N) is 1. The van der Waals surface area contributed by atoms with Crippen molar-refractivity contribution in [3.8, 4) is 11.5 Å². The third kappa shape index (κ3) is 3.29. The van der Waals surface area contributed by atoms with Crippen molar-refractivity contribution in [3.63, 3.8) is 0 Å². The molecule has 1 amide bonds. The highest BCUT2D eigenvalue weighted by atomic mass is 35.5.